The van der Waals surface area contributed by atoms with Crippen molar-refractivity contribution in [3.8, 4) is 0 Å². The zero-order valence-electron chi connectivity index (χ0n) is 10.3. The Morgan fingerprint density at radius 2 is 1.89 bits per heavy atom. The minimum absolute atomic E-state index is 0.167. The summed E-state index contributed by atoms with van der Waals surface area (Å²) in [4.78, 5) is 22.9. The van der Waals surface area contributed by atoms with Crippen molar-refractivity contribution in [2.75, 3.05) is 12.4 Å². The molecule has 0 bridgehead atoms. The summed E-state index contributed by atoms with van der Waals surface area (Å²) in [5, 5.41) is 20.5. The first-order valence-electron chi connectivity index (χ1n) is 5.87. The van der Waals surface area contributed by atoms with Gasteiger partial charge in [-0.1, -0.05) is 30.3 Å². The third-order valence-electron chi connectivity index (χ3n) is 2.71. The maximum atomic E-state index is 11.7. The lowest BCUT2D eigenvalue weighted by Gasteiger charge is -2.18. The molecule has 1 amide bonds. The van der Waals surface area contributed by atoms with Gasteiger partial charge in [0.15, 0.2) is 0 Å². The smallest absolute Gasteiger partial charge is 0.326 e. The number of aliphatic hydroxyl groups is 1. The standard InChI is InChI=1S/C13H17NO4S/c15-7-10(8-19)12(16)14-11(13(17)18)6-9-4-2-1-3-5-9/h1-5,10-11,15,19H,6-8H2,(H,14,16)(H,17,18)/t10?,11-/m0/s1. The van der Waals surface area contributed by atoms with Crippen LogP contribution in [-0.2, 0) is 16.0 Å². The number of aliphatic hydroxyl groups excluding tert-OH is 1. The molecule has 0 radical (unpaired) electrons. The highest BCUT2D eigenvalue weighted by Gasteiger charge is 2.24. The lowest BCUT2D eigenvalue weighted by molar-refractivity contribution is -0.142. The van der Waals surface area contributed by atoms with Crippen molar-refractivity contribution >= 4 is 24.5 Å². The van der Waals surface area contributed by atoms with E-state index in [1.165, 1.54) is 0 Å². The second kappa shape index (κ2) is 7.81. The normalized spacial score (nSPS) is 13.6. The highest BCUT2D eigenvalue weighted by Crippen LogP contribution is 2.05. The number of nitrogens with one attached hydrogen (secondary N) is 1. The fourth-order valence-electron chi connectivity index (χ4n) is 1.56. The van der Waals surface area contributed by atoms with Crippen molar-refractivity contribution in [1.82, 2.24) is 5.32 Å². The van der Waals surface area contributed by atoms with E-state index < -0.39 is 23.8 Å². The Bertz CT molecular complexity index is 420. The van der Waals surface area contributed by atoms with Gasteiger partial charge in [0.05, 0.1) is 12.5 Å². The lowest BCUT2D eigenvalue weighted by atomic mass is 10.0. The molecule has 0 saturated carbocycles. The Morgan fingerprint density at radius 1 is 1.26 bits per heavy atom. The van der Waals surface area contributed by atoms with Crippen LogP contribution in [0.1, 0.15) is 5.56 Å². The van der Waals surface area contributed by atoms with Gasteiger partial charge in [-0.2, -0.15) is 12.6 Å². The molecule has 1 unspecified atom stereocenters. The van der Waals surface area contributed by atoms with Crippen LogP contribution in [0, 0.1) is 5.92 Å². The zero-order valence-corrected chi connectivity index (χ0v) is 11.2. The number of carboxylic acid groups (broad SMARTS) is 1. The summed E-state index contributed by atoms with van der Waals surface area (Å²) in [5.41, 5.74) is 0.821. The highest BCUT2D eigenvalue weighted by molar-refractivity contribution is 7.80. The van der Waals surface area contributed by atoms with Crippen molar-refractivity contribution in [2.24, 2.45) is 5.92 Å². The van der Waals surface area contributed by atoms with Gasteiger partial charge in [-0.25, -0.2) is 4.79 Å². The van der Waals surface area contributed by atoms with Crippen LogP contribution >= 0.6 is 12.6 Å². The van der Waals surface area contributed by atoms with Crippen molar-refractivity contribution in [2.45, 2.75) is 12.5 Å². The van der Waals surface area contributed by atoms with Crippen LogP contribution in [0.25, 0.3) is 0 Å². The third kappa shape index (κ3) is 4.92. The summed E-state index contributed by atoms with van der Waals surface area (Å²) in [7, 11) is 0. The van der Waals surface area contributed by atoms with Gasteiger partial charge in [0.1, 0.15) is 6.04 Å². The largest absolute Gasteiger partial charge is 0.480 e. The molecule has 19 heavy (non-hydrogen) atoms. The van der Waals surface area contributed by atoms with Crippen LogP contribution in [0.3, 0.4) is 0 Å². The number of carboxylic acids is 1. The van der Waals surface area contributed by atoms with E-state index in [1.807, 2.05) is 6.07 Å². The van der Waals surface area contributed by atoms with E-state index in [4.69, 9.17) is 10.2 Å². The average molecular weight is 283 g/mol. The number of hydrogen-bond acceptors (Lipinski definition) is 4. The number of benzene rings is 1. The SMILES string of the molecule is O=C(N[C@@H](Cc1ccccc1)C(=O)O)C(CO)CS. The van der Waals surface area contributed by atoms with Gasteiger partial charge in [-0.3, -0.25) is 4.79 Å². The molecule has 1 aromatic carbocycles. The van der Waals surface area contributed by atoms with E-state index in [9.17, 15) is 9.59 Å². The Labute approximate surface area is 117 Å². The molecule has 0 aliphatic heterocycles. The van der Waals surface area contributed by atoms with Crippen molar-refractivity contribution in [3.05, 3.63) is 35.9 Å². The summed E-state index contributed by atoms with van der Waals surface area (Å²) >= 11 is 3.94. The van der Waals surface area contributed by atoms with E-state index >= 15 is 0 Å². The molecule has 0 fully saturated rings. The average Bonchev–Trinajstić information content (AvgIpc) is 2.40. The van der Waals surface area contributed by atoms with Gasteiger partial charge in [-0.15, -0.1) is 0 Å². The number of rotatable bonds is 7. The Balaban J connectivity index is 2.69. The molecule has 3 N–H and O–H groups in total. The quantitative estimate of drug-likeness (QED) is 0.543. The first kappa shape index (κ1) is 15.5. The maximum absolute atomic E-state index is 11.7. The Morgan fingerprint density at radius 3 is 2.37 bits per heavy atom. The van der Waals surface area contributed by atoms with Gasteiger partial charge >= 0.3 is 5.97 Å². The molecule has 0 aromatic heterocycles. The van der Waals surface area contributed by atoms with E-state index in [-0.39, 0.29) is 18.8 Å². The molecule has 0 heterocycles. The molecule has 0 saturated heterocycles. The number of aliphatic carboxylic acids is 1. The van der Waals surface area contributed by atoms with Crippen LogP contribution in [0.2, 0.25) is 0 Å². The molecular weight excluding hydrogens is 266 g/mol. The topological polar surface area (TPSA) is 86.6 Å². The molecule has 0 aliphatic carbocycles. The van der Waals surface area contributed by atoms with Crippen molar-refractivity contribution in [3.63, 3.8) is 0 Å². The summed E-state index contributed by atoms with van der Waals surface area (Å²) in [5.74, 6) is -2.13. The Kier molecular flexibility index (Phi) is 6.38. The molecule has 2 atom stereocenters. The summed E-state index contributed by atoms with van der Waals surface area (Å²) in [6.45, 7) is -0.354. The maximum Gasteiger partial charge on any atom is 0.326 e. The van der Waals surface area contributed by atoms with Gasteiger partial charge < -0.3 is 15.5 Å². The zero-order chi connectivity index (χ0) is 14.3. The third-order valence-corrected chi connectivity index (χ3v) is 3.15. The van der Waals surface area contributed by atoms with Gasteiger partial charge in [0.2, 0.25) is 5.91 Å². The molecule has 6 heteroatoms. The van der Waals surface area contributed by atoms with Crippen LogP contribution in [-0.4, -0.2) is 40.5 Å². The van der Waals surface area contributed by atoms with Crippen LogP contribution in [0.5, 0.6) is 0 Å². The molecule has 1 aromatic rings. The minimum atomic E-state index is -1.10. The number of thiol groups is 1. The van der Waals surface area contributed by atoms with E-state index in [0.29, 0.717) is 0 Å². The van der Waals surface area contributed by atoms with E-state index in [2.05, 4.69) is 17.9 Å². The predicted octanol–water partition coefficient (Wildman–Crippen LogP) is 0.337. The first-order chi connectivity index (χ1) is 9.08. The molecule has 5 nitrogen and oxygen atoms in total. The minimum Gasteiger partial charge on any atom is -0.480 e. The van der Waals surface area contributed by atoms with Crippen LogP contribution < -0.4 is 5.32 Å². The number of amides is 1. The summed E-state index contributed by atoms with van der Waals surface area (Å²) < 4.78 is 0. The second-order valence-electron chi connectivity index (χ2n) is 4.15. The molecule has 104 valence electrons. The molecule has 0 spiro atoms. The monoisotopic (exact) mass is 283 g/mol. The van der Waals surface area contributed by atoms with Crippen molar-refractivity contribution in [1.29, 1.82) is 0 Å². The Hall–Kier alpha value is -1.53. The number of hydrogen-bond donors (Lipinski definition) is 4. The van der Waals surface area contributed by atoms with Gasteiger partial charge in [-0.05, 0) is 5.56 Å². The predicted molar refractivity (Wildman–Crippen MR) is 74.1 cm³/mol. The summed E-state index contributed by atoms with van der Waals surface area (Å²) in [6.07, 6.45) is 0.201. The van der Waals surface area contributed by atoms with Gasteiger partial charge in [0, 0.05) is 12.2 Å². The highest BCUT2D eigenvalue weighted by atomic mass is 32.1. The summed E-state index contributed by atoms with van der Waals surface area (Å²) in [6, 6.07) is 8.03. The second-order valence-corrected chi connectivity index (χ2v) is 4.52. The fourth-order valence-corrected chi connectivity index (χ4v) is 1.84. The molecule has 0 aliphatic rings. The van der Waals surface area contributed by atoms with Crippen LogP contribution in [0.15, 0.2) is 30.3 Å². The lowest BCUT2D eigenvalue weighted by Crippen LogP contribution is -2.46. The van der Waals surface area contributed by atoms with E-state index in [1.54, 1.807) is 24.3 Å². The van der Waals surface area contributed by atoms with Crippen molar-refractivity contribution < 1.29 is 19.8 Å². The van der Waals surface area contributed by atoms with Gasteiger partial charge in [0.25, 0.3) is 0 Å². The number of carbonyl (C=O) groups is 2. The van der Waals surface area contributed by atoms with Crippen LogP contribution in [0.4, 0.5) is 0 Å². The molecule has 1 rings (SSSR count). The first-order valence-corrected chi connectivity index (χ1v) is 6.50. The molecular formula is C13H17NO4S. The fraction of sp³-hybridized carbons (Fsp3) is 0.385. The number of carbonyl (C=O) groups excluding carboxylic acids is 1. The van der Waals surface area contributed by atoms with E-state index in [0.717, 1.165) is 5.56 Å².